The number of nitrogens with zero attached hydrogens (tertiary/aromatic N) is 1. The van der Waals surface area contributed by atoms with E-state index in [-0.39, 0.29) is 38.6 Å². The van der Waals surface area contributed by atoms with Gasteiger partial charge in [-0.05, 0) is 116 Å². The number of carbonyl (C=O) groups is 3. The zero-order chi connectivity index (χ0) is 52.7. The highest BCUT2D eigenvalue weighted by Crippen LogP contribution is 2.12. The Balaban J connectivity index is 4.28. The van der Waals surface area contributed by atoms with Gasteiger partial charge in [-0.3, -0.25) is 9.59 Å². The van der Waals surface area contributed by atoms with Crippen molar-refractivity contribution in [3.63, 3.8) is 0 Å². The van der Waals surface area contributed by atoms with Crippen molar-refractivity contribution in [2.75, 3.05) is 47.5 Å². The van der Waals surface area contributed by atoms with E-state index in [1.807, 2.05) is 21.1 Å². The Kier molecular flexibility index (Phi) is 49.0. The van der Waals surface area contributed by atoms with Crippen LogP contribution in [-0.2, 0) is 33.3 Å². The van der Waals surface area contributed by atoms with Gasteiger partial charge >= 0.3 is 17.9 Å². The molecule has 0 rings (SSSR count). The molecule has 72 heavy (non-hydrogen) atoms. The monoisotopic (exact) mass is 999 g/mol. The predicted octanol–water partition coefficient (Wildman–Crippen LogP) is 16.1. The van der Waals surface area contributed by atoms with E-state index in [2.05, 4.69) is 160 Å². The first kappa shape index (κ1) is 67.2. The van der Waals surface area contributed by atoms with Crippen LogP contribution in [0.1, 0.15) is 174 Å². The molecule has 0 aromatic heterocycles. The van der Waals surface area contributed by atoms with E-state index in [0.717, 1.165) is 135 Å². The number of hydrogen-bond donors (Lipinski definition) is 1. The van der Waals surface area contributed by atoms with Crippen molar-refractivity contribution in [3.8, 4) is 0 Å². The predicted molar refractivity (Wildman–Crippen MR) is 304 cm³/mol. The molecule has 0 aliphatic rings. The third kappa shape index (κ3) is 53.0. The number of carbonyl (C=O) groups excluding carboxylic acids is 2. The average molecular weight is 999 g/mol. The van der Waals surface area contributed by atoms with Crippen LogP contribution in [-0.4, -0.2) is 87.4 Å². The summed E-state index contributed by atoms with van der Waals surface area (Å²) in [6, 6.07) is 0. The van der Waals surface area contributed by atoms with E-state index in [0.29, 0.717) is 17.4 Å². The average Bonchev–Trinajstić information content (AvgIpc) is 3.35. The summed E-state index contributed by atoms with van der Waals surface area (Å²) in [4.78, 5) is 37.2. The summed E-state index contributed by atoms with van der Waals surface area (Å²) in [5.41, 5.74) is 0. The lowest BCUT2D eigenvalue weighted by Gasteiger charge is -2.25. The standard InChI is InChI=1S/C63H99NO8/c1-6-8-10-12-14-16-18-19-20-21-22-23-24-25-26-27-28-29-30-31-32-33-34-35-36-37-38-39-40-41-42-43-44-46-48-50-52-54-61(66)72-59(58-71-63(62(67)68)69-56-55-64(3,4)5)57-70-60(65)53-51-49-47-45-17-15-13-11-9-7-2/h8,10-11,13-14,16,19-20,22-23,25-26,28-29,31-32,34-35,37-38,40-41,43-44,59,63H,6-7,9,12,15,17-18,21,24,27,30,33,36,39,42,45-58H2,1-5H3/p+1/b10-8-,13-11-,16-14-,20-19-,23-22-,26-25-,29-28-,32-31-,35-34-,38-37-,41-40-,44-43-. The highest BCUT2D eigenvalue weighted by atomic mass is 16.7. The van der Waals surface area contributed by atoms with Gasteiger partial charge in [0, 0.05) is 12.8 Å². The number of allylic oxidation sites excluding steroid dienone is 24. The highest BCUT2D eigenvalue weighted by Gasteiger charge is 2.25. The molecule has 2 atom stereocenters. The topological polar surface area (TPSA) is 108 Å². The molecule has 0 bridgehead atoms. The van der Waals surface area contributed by atoms with Crippen molar-refractivity contribution < 1.29 is 42.9 Å². The van der Waals surface area contributed by atoms with Gasteiger partial charge in [0.15, 0.2) is 6.10 Å². The Hall–Kier alpha value is -4.83. The normalized spacial score (nSPS) is 14.0. The Morgan fingerprint density at radius 1 is 0.431 bits per heavy atom. The molecule has 0 radical (unpaired) electrons. The van der Waals surface area contributed by atoms with Crippen molar-refractivity contribution in [2.45, 2.75) is 187 Å². The van der Waals surface area contributed by atoms with Gasteiger partial charge in [0.1, 0.15) is 13.2 Å². The van der Waals surface area contributed by atoms with Crippen LogP contribution >= 0.6 is 0 Å². The van der Waals surface area contributed by atoms with Crippen molar-refractivity contribution in [2.24, 2.45) is 0 Å². The van der Waals surface area contributed by atoms with Crippen LogP contribution in [0.5, 0.6) is 0 Å². The maximum Gasteiger partial charge on any atom is 0.361 e. The molecule has 404 valence electrons. The summed E-state index contributed by atoms with van der Waals surface area (Å²) in [6.07, 6.45) is 73.7. The minimum Gasteiger partial charge on any atom is -0.477 e. The van der Waals surface area contributed by atoms with Crippen molar-refractivity contribution in [3.05, 3.63) is 146 Å². The molecular formula is C63H100NO8+. The van der Waals surface area contributed by atoms with Gasteiger partial charge in [-0.2, -0.15) is 0 Å². The first-order valence-corrected chi connectivity index (χ1v) is 27.5. The molecule has 0 fully saturated rings. The van der Waals surface area contributed by atoms with Crippen LogP contribution in [0.4, 0.5) is 0 Å². The van der Waals surface area contributed by atoms with E-state index in [1.54, 1.807) is 0 Å². The number of hydrogen-bond acceptors (Lipinski definition) is 7. The van der Waals surface area contributed by atoms with Crippen molar-refractivity contribution in [1.82, 2.24) is 0 Å². The summed E-state index contributed by atoms with van der Waals surface area (Å²) in [6.45, 7) is 4.60. The lowest BCUT2D eigenvalue weighted by Crippen LogP contribution is -2.40. The fraction of sp³-hybridized carbons (Fsp3) is 0.571. The van der Waals surface area contributed by atoms with E-state index in [4.69, 9.17) is 18.9 Å². The molecule has 0 heterocycles. The molecule has 0 aromatic carbocycles. The van der Waals surface area contributed by atoms with Crippen LogP contribution in [0.2, 0.25) is 0 Å². The molecule has 0 amide bonds. The molecule has 9 nitrogen and oxygen atoms in total. The van der Waals surface area contributed by atoms with Gasteiger partial charge in [-0.1, -0.05) is 192 Å². The Labute approximate surface area is 439 Å². The van der Waals surface area contributed by atoms with Crippen molar-refractivity contribution in [1.29, 1.82) is 0 Å². The van der Waals surface area contributed by atoms with Gasteiger partial charge in [0.05, 0.1) is 34.4 Å². The quantitative estimate of drug-likeness (QED) is 0.0211. The van der Waals surface area contributed by atoms with Gasteiger partial charge in [-0.15, -0.1) is 0 Å². The molecular weight excluding hydrogens is 899 g/mol. The van der Waals surface area contributed by atoms with Gasteiger partial charge in [0.25, 0.3) is 6.29 Å². The lowest BCUT2D eigenvalue weighted by molar-refractivity contribution is -0.870. The first-order chi connectivity index (χ1) is 35.1. The fourth-order valence-electron chi connectivity index (χ4n) is 6.61. The van der Waals surface area contributed by atoms with Gasteiger partial charge in [-0.25, -0.2) is 4.79 Å². The Bertz CT molecular complexity index is 1680. The van der Waals surface area contributed by atoms with Gasteiger partial charge < -0.3 is 28.5 Å². The van der Waals surface area contributed by atoms with Crippen LogP contribution < -0.4 is 0 Å². The Morgan fingerprint density at radius 2 is 0.792 bits per heavy atom. The lowest BCUT2D eigenvalue weighted by atomic mass is 10.1. The molecule has 9 heteroatoms. The second kappa shape index (κ2) is 52.5. The van der Waals surface area contributed by atoms with Crippen LogP contribution in [0, 0.1) is 0 Å². The van der Waals surface area contributed by atoms with Crippen LogP contribution in [0.3, 0.4) is 0 Å². The number of likely N-dealkylation sites (N-methyl/N-ethyl adjacent to an activating group) is 1. The molecule has 0 aromatic rings. The number of esters is 2. The number of ether oxygens (including phenoxy) is 4. The fourth-order valence-corrected chi connectivity index (χ4v) is 6.61. The second-order valence-electron chi connectivity index (χ2n) is 18.8. The zero-order valence-electron chi connectivity index (χ0n) is 45.8. The molecule has 1 N–H and O–H groups in total. The minimum atomic E-state index is -1.53. The largest absolute Gasteiger partial charge is 0.477 e. The SMILES string of the molecule is CC/C=C\C/C=C\C/C=C\C/C=C\C/C=C\C/C=C\C/C=C\C/C=C\C/C=C\C/C=C\C/C=C\CCCCCC(=O)OC(COC(=O)CCCCCCC/C=C\CCC)COC(OCC[N+](C)(C)C)C(=O)O. The maximum absolute atomic E-state index is 12.8. The summed E-state index contributed by atoms with van der Waals surface area (Å²) >= 11 is 0. The summed E-state index contributed by atoms with van der Waals surface area (Å²) in [5.74, 6) is -2.09. The van der Waals surface area contributed by atoms with Crippen LogP contribution in [0.15, 0.2) is 146 Å². The molecule has 0 spiro atoms. The summed E-state index contributed by atoms with van der Waals surface area (Å²) in [7, 11) is 5.93. The van der Waals surface area contributed by atoms with E-state index in [1.165, 1.54) is 6.42 Å². The number of aliphatic carboxylic acids is 1. The molecule has 0 aliphatic carbocycles. The number of unbranched alkanes of at least 4 members (excludes halogenated alkanes) is 9. The minimum absolute atomic E-state index is 0.171. The smallest absolute Gasteiger partial charge is 0.361 e. The summed E-state index contributed by atoms with van der Waals surface area (Å²) in [5, 5.41) is 9.65. The number of carboxylic acids is 1. The summed E-state index contributed by atoms with van der Waals surface area (Å²) < 4.78 is 22.7. The maximum atomic E-state index is 12.8. The number of rotatable bonds is 48. The van der Waals surface area contributed by atoms with E-state index < -0.39 is 24.3 Å². The third-order valence-electron chi connectivity index (χ3n) is 10.8. The van der Waals surface area contributed by atoms with E-state index >= 15 is 0 Å². The zero-order valence-corrected chi connectivity index (χ0v) is 45.8. The Morgan fingerprint density at radius 3 is 1.21 bits per heavy atom. The first-order valence-electron chi connectivity index (χ1n) is 27.5. The molecule has 0 saturated heterocycles. The molecule has 0 aliphatic heterocycles. The molecule has 0 saturated carbocycles. The second-order valence-corrected chi connectivity index (χ2v) is 18.8. The number of quaternary nitrogens is 1. The van der Waals surface area contributed by atoms with E-state index in [9.17, 15) is 19.5 Å². The third-order valence-corrected chi connectivity index (χ3v) is 10.8. The van der Waals surface area contributed by atoms with Crippen molar-refractivity contribution >= 4 is 17.9 Å². The molecule has 2 unspecified atom stereocenters. The number of carboxylic acid groups (broad SMARTS) is 1. The van der Waals surface area contributed by atoms with Crippen LogP contribution in [0.25, 0.3) is 0 Å². The highest BCUT2D eigenvalue weighted by molar-refractivity contribution is 5.71. The van der Waals surface area contributed by atoms with Gasteiger partial charge in [0.2, 0.25) is 0 Å².